The summed E-state index contributed by atoms with van der Waals surface area (Å²) in [4.78, 5) is 31.1. The number of ether oxygens (including phenoxy) is 2. The van der Waals surface area contributed by atoms with Crippen LogP contribution in [-0.4, -0.2) is 78.7 Å². The van der Waals surface area contributed by atoms with Crippen molar-refractivity contribution in [2.24, 2.45) is 0 Å². The molecular formula is C42H46N4O4. The molecule has 7 rings (SSSR count). The van der Waals surface area contributed by atoms with Crippen LogP contribution in [-0.2, 0) is 22.7 Å². The summed E-state index contributed by atoms with van der Waals surface area (Å²) in [5, 5.41) is 4.34. The van der Waals surface area contributed by atoms with Crippen LogP contribution in [0.5, 0.6) is 5.75 Å². The van der Waals surface area contributed by atoms with E-state index in [2.05, 4.69) is 87.6 Å². The number of morpholine rings is 1. The zero-order valence-corrected chi connectivity index (χ0v) is 28.6. The van der Waals surface area contributed by atoms with Gasteiger partial charge in [0, 0.05) is 74.6 Å². The van der Waals surface area contributed by atoms with Gasteiger partial charge in [-0.2, -0.15) is 0 Å². The summed E-state index contributed by atoms with van der Waals surface area (Å²) in [6, 6.07) is 37.4. The van der Waals surface area contributed by atoms with Crippen molar-refractivity contribution in [1.29, 1.82) is 0 Å². The van der Waals surface area contributed by atoms with Crippen molar-refractivity contribution in [3.05, 3.63) is 137 Å². The molecule has 1 aromatic heterocycles. The van der Waals surface area contributed by atoms with Gasteiger partial charge in [0.25, 0.3) is 5.91 Å². The average molecular weight is 671 g/mol. The SMILES string of the molecule is O=C(NCCCN1CCCC1=O)c1c(C(c2ccccc2)c2ccc(OCc3ccccc3)cc2)c2ccccc2n1CCN1CCOCC1. The van der Waals surface area contributed by atoms with E-state index in [4.69, 9.17) is 9.47 Å². The maximum absolute atomic E-state index is 14.5. The lowest BCUT2D eigenvalue weighted by atomic mass is 9.83. The van der Waals surface area contributed by atoms with Crippen LogP contribution in [0.1, 0.15) is 57.9 Å². The van der Waals surface area contributed by atoms with E-state index >= 15 is 0 Å². The predicted molar refractivity (Wildman–Crippen MR) is 197 cm³/mol. The summed E-state index contributed by atoms with van der Waals surface area (Å²) >= 11 is 0. The molecule has 0 radical (unpaired) electrons. The van der Waals surface area contributed by atoms with Crippen molar-refractivity contribution in [2.45, 2.75) is 38.3 Å². The fraction of sp³-hybridized carbons (Fsp3) is 0.333. The van der Waals surface area contributed by atoms with Crippen molar-refractivity contribution < 1.29 is 19.1 Å². The topological polar surface area (TPSA) is 76.0 Å². The molecule has 0 bridgehead atoms. The molecule has 2 aliphatic heterocycles. The lowest BCUT2D eigenvalue weighted by Gasteiger charge is -2.27. The van der Waals surface area contributed by atoms with Crippen molar-refractivity contribution in [3.8, 4) is 5.75 Å². The Morgan fingerprint density at radius 1 is 0.780 bits per heavy atom. The number of aromatic nitrogens is 1. The van der Waals surface area contributed by atoms with Crippen LogP contribution in [0.3, 0.4) is 0 Å². The predicted octanol–water partition coefficient (Wildman–Crippen LogP) is 6.48. The Kier molecular flexibility index (Phi) is 10.9. The highest BCUT2D eigenvalue weighted by Gasteiger charge is 2.30. The van der Waals surface area contributed by atoms with Gasteiger partial charge in [-0.1, -0.05) is 91.0 Å². The summed E-state index contributed by atoms with van der Waals surface area (Å²) in [6.07, 6.45) is 2.26. The minimum absolute atomic E-state index is 0.0883. The molecule has 1 atom stereocenters. The van der Waals surface area contributed by atoms with E-state index in [0.29, 0.717) is 44.8 Å². The number of fused-ring (bicyclic) bond motifs is 1. The zero-order chi connectivity index (χ0) is 34.1. The number of carbonyl (C=O) groups excluding carboxylic acids is 2. The molecule has 8 heteroatoms. The molecule has 0 spiro atoms. The first kappa shape index (κ1) is 33.6. The summed E-state index contributed by atoms with van der Waals surface area (Å²) in [5.74, 6) is 0.724. The van der Waals surface area contributed by atoms with Gasteiger partial charge >= 0.3 is 0 Å². The Labute approximate surface area is 294 Å². The molecule has 5 aromatic rings. The quantitative estimate of drug-likeness (QED) is 0.137. The van der Waals surface area contributed by atoms with Crippen LogP contribution in [0.4, 0.5) is 0 Å². The van der Waals surface area contributed by atoms with E-state index in [0.717, 1.165) is 84.7 Å². The average Bonchev–Trinajstić information content (AvgIpc) is 3.73. The Bertz CT molecular complexity index is 1870. The molecular weight excluding hydrogens is 624 g/mol. The number of carbonyl (C=O) groups is 2. The van der Waals surface area contributed by atoms with Gasteiger partial charge in [0.05, 0.1) is 13.2 Å². The molecule has 258 valence electrons. The van der Waals surface area contributed by atoms with Crippen LogP contribution >= 0.6 is 0 Å². The Hall–Kier alpha value is -4.92. The minimum atomic E-state index is -0.197. The highest BCUT2D eigenvalue weighted by atomic mass is 16.5. The van der Waals surface area contributed by atoms with Gasteiger partial charge in [-0.3, -0.25) is 14.5 Å². The van der Waals surface area contributed by atoms with Gasteiger partial charge in [-0.15, -0.1) is 0 Å². The second-order valence-corrected chi connectivity index (χ2v) is 13.2. The van der Waals surface area contributed by atoms with Crippen LogP contribution in [0, 0.1) is 0 Å². The number of benzene rings is 4. The number of likely N-dealkylation sites (tertiary alicyclic amines) is 1. The fourth-order valence-electron chi connectivity index (χ4n) is 7.33. The third kappa shape index (κ3) is 7.77. The fourth-order valence-corrected chi connectivity index (χ4v) is 7.33. The number of hydrogen-bond donors (Lipinski definition) is 1. The monoisotopic (exact) mass is 670 g/mol. The second kappa shape index (κ2) is 16.2. The summed E-state index contributed by atoms with van der Waals surface area (Å²) < 4.78 is 14.0. The van der Waals surface area contributed by atoms with Gasteiger partial charge in [-0.25, -0.2) is 0 Å². The smallest absolute Gasteiger partial charge is 0.268 e. The number of nitrogens with zero attached hydrogens (tertiary/aromatic N) is 3. The molecule has 8 nitrogen and oxygen atoms in total. The number of hydrogen-bond acceptors (Lipinski definition) is 5. The lowest BCUT2D eigenvalue weighted by Crippen LogP contribution is -2.38. The Morgan fingerprint density at radius 3 is 2.22 bits per heavy atom. The van der Waals surface area contributed by atoms with Crippen LogP contribution in [0.25, 0.3) is 10.9 Å². The first-order valence-electron chi connectivity index (χ1n) is 17.9. The summed E-state index contributed by atoms with van der Waals surface area (Å²) in [5.41, 5.74) is 6.05. The molecule has 50 heavy (non-hydrogen) atoms. The Morgan fingerprint density at radius 2 is 1.48 bits per heavy atom. The van der Waals surface area contributed by atoms with E-state index in [1.54, 1.807) is 0 Å². The van der Waals surface area contributed by atoms with Gasteiger partial charge in [0.2, 0.25) is 5.91 Å². The van der Waals surface area contributed by atoms with Gasteiger partial charge in [-0.05, 0) is 47.7 Å². The van der Waals surface area contributed by atoms with Crippen molar-refractivity contribution in [3.63, 3.8) is 0 Å². The molecule has 2 saturated heterocycles. The molecule has 2 amide bonds. The third-order valence-electron chi connectivity index (χ3n) is 9.91. The molecule has 1 unspecified atom stereocenters. The summed E-state index contributed by atoms with van der Waals surface area (Å²) in [6.45, 7) is 7.19. The molecule has 2 fully saturated rings. The third-order valence-corrected chi connectivity index (χ3v) is 9.91. The first-order chi connectivity index (χ1) is 24.7. The van der Waals surface area contributed by atoms with Crippen LogP contribution in [0.15, 0.2) is 109 Å². The number of para-hydroxylation sites is 1. The normalized spacial score (nSPS) is 15.8. The number of amides is 2. The minimum Gasteiger partial charge on any atom is -0.489 e. The molecule has 0 aliphatic carbocycles. The maximum Gasteiger partial charge on any atom is 0.268 e. The molecule has 3 heterocycles. The molecule has 4 aromatic carbocycles. The maximum atomic E-state index is 14.5. The second-order valence-electron chi connectivity index (χ2n) is 13.2. The molecule has 0 saturated carbocycles. The van der Waals surface area contributed by atoms with E-state index in [1.165, 1.54) is 0 Å². The largest absolute Gasteiger partial charge is 0.489 e. The molecule has 2 aliphatic rings. The molecule has 1 N–H and O–H groups in total. The van der Waals surface area contributed by atoms with Crippen molar-refractivity contribution in [1.82, 2.24) is 19.7 Å². The van der Waals surface area contributed by atoms with Crippen molar-refractivity contribution in [2.75, 3.05) is 52.5 Å². The Balaban J connectivity index is 1.25. The highest BCUT2D eigenvalue weighted by Crippen LogP contribution is 2.40. The van der Waals surface area contributed by atoms with E-state index < -0.39 is 0 Å². The van der Waals surface area contributed by atoms with E-state index in [9.17, 15) is 9.59 Å². The zero-order valence-electron chi connectivity index (χ0n) is 28.6. The first-order valence-corrected chi connectivity index (χ1v) is 17.9. The number of rotatable bonds is 14. The van der Waals surface area contributed by atoms with Gasteiger partial charge in [0.15, 0.2) is 0 Å². The number of nitrogens with one attached hydrogen (secondary N) is 1. The van der Waals surface area contributed by atoms with E-state index in [-0.39, 0.29) is 17.7 Å². The van der Waals surface area contributed by atoms with Crippen LogP contribution < -0.4 is 10.1 Å². The van der Waals surface area contributed by atoms with E-state index in [1.807, 2.05) is 41.3 Å². The van der Waals surface area contributed by atoms with Gasteiger partial charge in [0.1, 0.15) is 18.1 Å². The van der Waals surface area contributed by atoms with Crippen LogP contribution in [0.2, 0.25) is 0 Å². The lowest BCUT2D eigenvalue weighted by molar-refractivity contribution is -0.127. The van der Waals surface area contributed by atoms with Gasteiger partial charge < -0.3 is 24.3 Å². The standard InChI is InChI=1S/C42H46N4O4/c47-38-17-9-23-45(38)24-10-22-43-42(48)41-40(36-15-7-8-16-37(36)46(41)26-25-44-27-29-49-30-28-44)39(33-13-5-2-6-14-33)34-18-20-35(21-19-34)50-31-32-11-3-1-4-12-32/h1-8,11-16,18-21,39H,9-10,17,22-31H2,(H,43,48). The summed E-state index contributed by atoms with van der Waals surface area (Å²) in [7, 11) is 0. The highest BCUT2D eigenvalue weighted by molar-refractivity contribution is 6.03. The van der Waals surface area contributed by atoms with Crippen molar-refractivity contribution >= 4 is 22.7 Å².